The third-order valence-electron chi connectivity index (χ3n) is 7.69. The van der Waals surface area contributed by atoms with Crippen molar-refractivity contribution in [2.45, 2.75) is 31.1 Å². The van der Waals surface area contributed by atoms with E-state index >= 15 is 0 Å². The molecule has 0 spiro atoms. The van der Waals surface area contributed by atoms with Gasteiger partial charge in [0.1, 0.15) is 30.5 Å². The minimum absolute atomic E-state index is 0.0134. The standard InChI is InChI=1S/C36H39ClN4O9S/c1-36(2,3)25-8-11-27(12-9-25)51(44,45)40-29-21-24(34(42)41-15-17-47-18-16-41)22-31(33(29)50-30-23-26(46-4)10-13-28(30)37)48-19-20-49-35(43)39-32-7-5-6-14-38-32/h5-14,21-23,40H,15-20H2,1-4H3,(H,38,39,43). The number of aromatic nitrogens is 1. The molecule has 0 radical (unpaired) electrons. The molecule has 13 nitrogen and oxygen atoms in total. The number of hydrogen-bond donors (Lipinski definition) is 2. The van der Waals surface area contributed by atoms with Gasteiger partial charge in [-0.3, -0.25) is 14.8 Å². The number of nitrogens with one attached hydrogen (secondary N) is 2. The van der Waals surface area contributed by atoms with Crippen LogP contribution in [-0.2, 0) is 24.9 Å². The Morgan fingerprint density at radius 2 is 1.71 bits per heavy atom. The number of ether oxygens (including phenoxy) is 5. The highest BCUT2D eigenvalue weighted by Gasteiger charge is 2.27. The van der Waals surface area contributed by atoms with Gasteiger partial charge in [-0.25, -0.2) is 18.2 Å². The largest absolute Gasteiger partial charge is 0.497 e. The molecule has 2 amide bonds. The highest BCUT2D eigenvalue weighted by Crippen LogP contribution is 2.44. The Labute approximate surface area is 301 Å². The SMILES string of the molecule is COc1ccc(Cl)c(Oc2c(NS(=O)(=O)c3ccc(C(C)(C)C)cc3)cc(C(=O)N3CCOCC3)cc2OCCOC(=O)Nc2ccccn2)c1. The Bertz CT molecular complexity index is 1950. The highest BCUT2D eigenvalue weighted by atomic mass is 35.5. The van der Waals surface area contributed by atoms with Crippen molar-refractivity contribution in [3.63, 3.8) is 0 Å². The summed E-state index contributed by atoms with van der Waals surface area (Å²) in [7, 11) is -2.76. The first-order valence-corrected chi connectivity index (χ1v) is 17.9. The second kappa shape index (κ2) is 16.3. The van der Waals surface area contributed by atoms with Gasteiger partial charge in [0.15, 0.2) is 11.5 Å². The third-order valence-corrected chi connectivity index (χ3v) is 9.39. The lowest BCUT2D eigenvalue weighted by Gasteiger charge is -2.27. The molecule has 15 heteroatoms. The van der Waals surface area contributed by atoms with E-state index in [4.69, 9.17) is 35.3 Å². The summed E-state index contributed by atoms with van der Waals surface area (Å²) < 4.78 is 58.7. The Morgan fingerprint density at radius 1 is 0.961 bits per heavy atom. The second-order valence-electron chi connectivity index (χ2n) is 12.4. The third kappa shape index (κ3) is 9.81. The Balaban J connectivity index is 1.52. The van der Waals surface area contributed by atoms with Crippen LogP contribution in [0.3, 0.4) is 0 Å². The molecule has 2 heterocycles. The first-order chi connectivity index (χ1) is 24.3. The van der Waals surface area contributed by atoms with Gasteiger partial charge >= 0.3 is 6.09 Å². The fourth-order valence-electron chi connectivity index (χ4n) is 4.96. The topological polar surface area (TPSA) is 155 Å². The molecule has 1 fully saturated rings. The summed E-state index contributed by atoms with van der Waals surface area (Å²) in [6.45, 7) is 7.04. The minimum atomic E-state index is -4.24. The number of halogens is 1. The molecule has 0 atom stereocenters. The van der Waals surface area contributed by atoms with Crippen LogP contribution in [0.1, 0.15) is 36.7 Å². The Morgan fingerprint density at radius 3 is 2.37 bits per heavy atom. The molecule has 1 aromatic heterocycles. The molecule has 1 aliphatic rings. The molecule has 4 aromatic rings. The fraction of sp³-hybridized carbons (Fsp3) is 0.306. The van der Waals surface area contributed by atoms with Crippen LogP contribution >= 0.6 is 11.6 Å². The number of carbonyl (C=O) groups excluding carboxylic acids is 2. The molecular weight excluding hydrogens is 700 g/mol. The molecule has 3 aromatic carbocycles. The van der Waals surface area contributed by atoms with Gasteiger partial charge in [0.25, 0.3) is 15.9 Å². The van der Waals surface area contributed by atoms with Crippen LogP contribution in [0.4, 0.5) is 16.3 Å². The maximum atomic E-state index is 13.9. The van der Waals surface area contributed by atoms with E-state index in [0.29, 0.717) is 37.9 Å². The number of pyridine rings is 1. The van der Waals surface area contributed by atoms with Crippen molar-refractivity contribution in [1.29, 1.82) is 0 Å². The van der Waals surface area contributed by atoms with Crippen LogP contribution in [0.2, 0.25) is 5.02 Å². The maximum Gasteiger partial charge on any atom is 0.412 e. The van der Waals surface area contributed by atoms with Crippen LogP contribution in [0.5, 0.6) is 23.0 Å². The molecule has 0 saturated carbocycles. The lowest BCUT2D eigenvalue weighted by Crippen LogP contribution is -2.40. The maximum absolute atomic E-state index is 13.9. The van der Waals surface area contributed by atoms with Crippen molar-refractivity contribution in [1.82, 2.24) is 9.88 Å². The van der Waals surface area contributed by atoms with Crippen LogP contribution in [-0.4, -0.2) is 76.9 Å². The lowest BCUT2D eigenvalue weighted by molar-refractivity contribution is 0.0302. The van der Waals surface area contributed by atoms with Crippen molar-refractivity contribution in [2.75, 3.05) is 56.7 Å². The average Bonchev–Trinajstić information content (AvgIpc) is 3.12. The van der Waals surface area contributed by atoms with E-state index in [0.717, 1.165) is 5.56 Å². The molecule has 0 aliphatic carbocycles. The van der Waals surface area contributed by atoms with E-state index in [2.05, 4.69) is 15.0 Å². The van der Waals surface area contributed by atoms with E-state index in [1.165, 1.54) is 43.6 Å². The quantitative estimate of drug-likeness (QED) is 0.150. The molecule has 51 heavy (non-hydrogen) atoms. The summed E-state index contributed by atoms with van der Waals surface area (Å²) in [5.41, 5.74) is 0.765. The first kappa shape index (κ1) is 37.2. The molecule has 1 saturated heterocycles. The number of sulfonamides is 1. The summed E-state index contributed by atoms with van der Waals surface area (Å²) in [6, 6.07) is 19.1. The van der Waals surface area contributed by atoms with Crippen LogP contribution in [0.25, 0.3) is 0 Å². The van der Waals surface area contributed by atoms with Gasteiger partial charge in [-0.05, 0) is 59.5 Å². The zero-order chi connectivity index (χ0) is 36.6. The summed E-state index contributed by atoms with van der Waals surface area (Å²) in [5.74, 6) is 0.334. The normalized spacial score (nSPS) is 13.2. The zero-order valence-electron chi connectivity index (χ0n) is 28.6. The van der Waals surface area contributed by atoms with Crippen molar-refractivity contribution >= 4 is 45.1 Å². The number of benzene rings is 3. The van der Waals surface area contributed by atoms with Gasteiger partial charge in [0.05, 0.1) is 35.9 Å². The van der Waals surface area contributed by atoms with Gasteiger partial charge in [-0.15, -0.1) is 0 Å². The number of morpholine rings is 1. The number of carbonyl (C=O) groups is 2. The molecule has 0 bridgehead atoms. The predicted molar refractivity (Wildman–Crippen MR) is 192 cm³/mol. The van der Waals surface area contributed by atoms with Gasteiger partial charge in [-0.2, -0.15) is 0 Å². The second-order valence-corrected chi connectivity index (χ2v) is 14.4. The highest BCUT2D eigenvalue weighted by molar-refractivity contribution is 7.92. The van der Waals surface area contributed by atoms with Crippen LogP contribution < -0.4 is 24.2 Å². The van der Waals surface area contributed by atoms with Gasteiger partial charge in [0.2, 0.25) is 0 Å². The van der Waals surface area contributed by atoms with Crippen LogP contribution in [0, 0.1) is 0 Å². The van der Waals surface area contributed by atoms with Crippen LogP contribution in [0.15, 0.2) is 83.9 Å². The average molecular weight is 739 g/mol. The summed E-state index contributed by atoms with van der Waals surface area (Å²) in [6.07, 6.45) is 0.756. The minimum Gasteiger partial charge on any atom is -0.497 e. The summed E-state index contributed by atoms with van der Waals surface area (Å²) in [4.78, 5) is 31.7. The molecule has 5 rings (SSSR count). The monoisotopic (exact) mass is 738 g/mol. The number of rotatable bonds is 12. The van der Waals surface area contributed by atoms with Crippen molar-refractivity contribution in [3.05, 3.63) is 95.1 Å². The zero-order valence-corrected chi connectivity index (χ0v) is 30.2. The number of methoxy groups -OCH3 is 1. The number of anilines is 2. The summed E-state index contributed by atoms with van der Waals surface area (Å²) in [5, 5.41) is 2.70. The molecule has 1 aliphatic heterocycles. The van der Waals surface area contributed by atoms with Crippen molar-refractivity contribution < 1.29 is 41.7 Å². The lowest BCUT2D eigenvalue weighted by atomic mass is 9.87. The predicted octanol–water partition coefficient (Wildman–Crippen LogP) is 6.73. The number of nitrogens with zero attached hydrogens (tertiary/aromatic N) is 2. The number of hydrogen-bond acceptors (Lipinski definition) is 10. The van der Waals surface area contributed by atoms with Crippen molar-refractivity contribution in [2.24, 2.45) is 0 Å². The van der Waals surface area contributed by atoms with E-state index in [1.54, 1.807) is 47.4 Å². The van der Waals surface area contributed by atoms with Crippen molar-refractivity contribution in [3.8, 4) is 23.0 Å². The summed E-state index contributed by atoms with van der Waals surface area (Å²) >= 11 is 6.50. The molecule has 2 N–H and O–H groups in total. The van der Waals surface area contributed by atoms with E-state index in [1.807, 2.05) is 20.8 Å². The number of amides is 2. The van der Waals surface area contributed by atoms with E-state index < -0.39 is 16.1 Å². The van der Waals surface area contributed by atoms with E-state index in [9.17, 15) is 18.0 Å². The molecule has 270 valence electrons. The molecular formula is C36H39ClN4O9S. The Hall–Kier alpha value is -5.05. The van der Waals surface area contributed by atoms with Gasteiger partial charge in [0, 0.05) is 30.9 Å². The fourth-order valence-corrected chi connectivity index (χ4v) is 6.17. The van der Waals surface area contributed by atoms with E-state index in [-0.39, 0.29) is 63.0 Å². The van der Waals surface area contributed by atoms with Gasteiger partial charge in [-0.1, -0.05) is 50.6 Å². The molecule has 0 unspecified atom stereocenters. The Kier molecular flexibility index (Phi) is 11.9. The smallest absolute Gasteiger partial charge is 0.412 e. The first-order valence-electron chi connectivity index (χ1n) is 16.0. The van der Waals surface area contributed by atoms with Gasteiger partial charge < -0.3 is 28.6 Å².